The third kappa shape index (κ3) is 3.94. The van der Waals surface area contributed by atoms with Crippen molar-refractivity contribution < 1.29 is 4.79 Å². The van der Waals surface area contributed by atoms with Crippen LogP contribution >= 0.6 is 0 Å². The fourth-order valence-electron chi connectivity index (χ4n) is 3.85. The second-order valence-electron chi connectivity index (χ2n) is 7.63. The summed E-state index contributed by atoms with van der Waals surface area (Å²) in [6.07, 6.45) is 3.49. The van der Waals surface area contributed by atoms with Gasteiger partial charge in [-0.05, 0) is 79.1 Å². The van der Waals surface area contributed by atoms with Crippen LogP contribution in [0.15, 0.2) is 66.7 Å². The Balaban J connectivity index is 1.62. The summed E-state index contributed by atoms with van der Waals surface area (Å²) >= 11 is 0. The lowest BCUT2D eigenvalue weighted by atomic mass is 10.0. The first-order valence-electron chi connectivity index (χ1n) is 9.91. The molecule has 0 saturated carbocycles. The topological polar surface area (TPSA) is 41.1 Å². The van der Waals surface area contributed by atoms with E-state index in [0.29, 0.717) is 0 Å². The van der Waals surface area contributed by atoms with Gasteiger partial charge in [-0.15, -0.1) is 0 Å². The molecule has 142 valence electrons. The van der Waals surface area contributed by atoms with Crippen molar-refractivity contribution in [3.63, 3.8) is 0 Å². The number of benzene rings is 3. The minimum absolute atomic E-state index is 0.0552. The van der Waals surface area contributed by atoms with Gasteiger partial charge in [0.25, 0.3) is 5.91 Å². The number of hydrogen-bond acceptors (Lipinski definition) is 2. The zero-order valence-corrected chi connectivity index (χ0v) is 16.5. The van der Waals surface area contributed by atoms with Crippen molar-refractivity contribution in [1.29, 1.82) is 0 Å². The van der Waals surface area contributed by atoms with Gasteiger partial charge >= 0.3 is 0 Å². The molecule has 3 aromatic carbocycles. The molecular weight excluding hydrogens is 344 g/mol. The number of nitrogens with one attached hydrogen (secondary N) is 2. The average Bonchev–Trinajstić information content (AvgIpc) is 3.17. The molecule has 0 aliphatic heterocycles. The molecule has 1 atom stereocenters. The Morgan fingerprint density at radius 3 is 2.50 bits per heavy atom. The first-order valence-corrected chi connectivity index (χ1v) is 9.91. The van der Waals surface area contributed by atoms with Gasteiger partial charge in [0, 0.05) is 11.4 Å². The van der Waals surface area contributed by atoms with E-state index in [1.807, 2.05) is 56.3 Å². The summed E-state index contributed by atoms with van der Waals surface area (Å²) in [5.41, 5.74) is 7.82. The van der Waals surface area contributed by atoms with Gasteiger partial charge in [0.2, 0.25) is 0 Å². The van der Waals surface area contributed by atoms with E-state index < -0.39 is 6.04 Å². The molecule has 0 fully saturated rings. The van der Waals surface area contributed by atoms with Crippen LogP contribution in [0.4, 0.5) is 11.4 Å². The van der Waals surface area contributed by atoms with E-state index in [2.05, 4.69) is 34.9 Å². The Hall–Kier alpha value is -3.07. The third-order valence-electron chi connectivity index (χ3n) is 5.46. The Kier molecular flexibility index (Phi) is 5.16. The lowest BCUT2D eigenvalue weighted by Gasteiger charge is -2.21. The molecule has 1 aliphatic rings. The van der Waals surface area contributed by atoms with E-state index in [0.717, 1.165) is 40.9 Å². The van der Waals surface area contributed by atoms with Crippen LogP contribution < -0.4 is 10.6 Å². The zero-order valence-electron chi connectivity index (χ0n) is 16.5. The monoisotopic (exact) mass is 370 g/mol. The molecule has 0 unspecified atom stereocenters. The van der Waals surface area contributed by atoms with E-state index in [1.165, 1.54) is 17.5 Å². The first-order chi connectivity index (χ1) is 13.6. The minimum atomic E-state index is -0.458. The summed E-state index contributed by atoms with van der Waals surface area (Å²) in [7, 11) is 0. The summed E-state index contributed by atoms with van der Waals surface area (Å²) in [6.45, 7) is 4.05. The number of hydrogen-bond donors (Lipinski definition) is 2. The number of carbonyl (C=O) groups is 1. The molecule has 2 N–H and O–H groups in total. The van der Waals surface area contributed by atoms with Crippen molar-refractivity contribution >= 4 is 17.3 Å². The van der Waals surface area contributed by atoms with Crippen LogP contribution in [0.1, 0.15) is 40.3 Å². The van der Waals surface area contributed by atoms with Gasteiger partial charge in [-0.1, -0.05) is 48.5 Å². The van der Waals surface area contributed by atoms with Gasteiger partial charge in [-0.2, -0.15) is 0 Å². The Morgan fingerprint density at radius 1 is 0.893 bits per heavy atom. The highest BCUT2D eigenvalue weighted by Crippen LogP contribution is 2.28. The lowest BCUT2D eigenvalue weighted by molar-refractivity contribution is -0.117. The summed E-state index contributed by atoms with van der Waals surface area (Å²) in [4.78, 5) is 13.2. The molecule has 1 amide bonds. The maximum atomic E-state index is 13.2. The quantitative estimate of drug-likeness (QED) is 0.615. The van der Waals surface area contributed by atoms with Gasteiger partial charge < -0.3 is 10.6 Å². The van der Waals surface area contributed by atoms with Crippen molar-refractivity contribution in [2.24, 2.45) is 0 Å². The van der Waals surface area contributed by atoms with Crippen molar-refractivity contribution in [3.8, 4) is 0 Å². The Morgan fingerprint density at radius 2 is 1.68 bits per heavy atom. The average molecular weight is 370 g/mol. The molecule has 0 radical (unpaired) electrons. The van der Waals surface area contributed by atoms with E-state index in [4.69, 9.17) is 0 Å². The highest BCUT2D eigenvalue weighted by molar-refractivity contribution is 5.98. The van der Waals surface area contributed by atoms with Crippen LogP contribution in [-0.4, -0.2) is 5.91 Å². The Labute approximate surface area is 166 Å². The number of amides is 1. The molecule has 0 bridgehead atoms. The maximum absolute atomic E-state index is 13.2. The predicted molar refractivity (Wildman–Crippen MR) is 116 cm³/mol. The van der Waals surface area contributed by atoms with Crippen molar-refractivity contribution in [1.82, 2.24) is 0 Å². The van der Waals surface area contributed by atoms with Crippen LogP contribution in [-0.2, 0) is 17.6 Å². The maximum Gasteiger partial charge on any atom is 0.251 e. The van der Waals surface area contributed by atoms with E-state index in [9.17, 15) is 4.79 Å². The zero-order chi connectivity index (χ0) is 19.5. The molecule has 0 spiro atoms. The van der Waals surface area contributed by atoms with Crippen LogP contribution in [0.5, 0.6) is 0 Å². The first kappa shape index (κ1) is 18.3. The van der Waals surface area contributed by atoms with Gasteiger partial charge in [-0.25, -0.2) is 0 Å². The molecule has 3 nitrogen and oxygen atoms in total. The fraction of sp³-hybridized carbons (Fsp3) is 0.240. The van der Waals surface area contributed by atoms with Crippen molar-refractivity contribution in [2.75, 3.05) is 10.6 Å². The standard InChI is InChI=1S/C25H26N2O/c1-17-11-12-18(2)23(15-17)27-25(28)24(20-7-4-3-5-8-20)26-22-14-13-19-9-6-10-21(19)16-22/h3-5,7-8,11-16,24,26H,6,9-10H2,1-2H3,(H,27,28)/t24-/m1/s1. The summed E-state index contributed by atoms with van der Waals surface area (Å²) < 4.78 is 0. The van der Waals surface area contributed by atoms with Gasteiger partial charge in [-0.3, -0.25) is 4.79 Å². The van der Waals surface area contributed by atoms with Crippen LogP contribution in [0.25, 0.3) is 0 Å². The number of carbonyl (C=O) groups excluding carboxylic acids is 1. The molecule has 3 aromatic rings. The smallest absolute Gasteiger partial charge is 0.251 e. The second-order valence-corrected chi connectivity index (χ2v) is 7.63. The molecule has 0 aromatic heterocycles. The van der Waals surface area contributed by atoms with E-state index >= 15 is 0 Å². The van der Waals surface area contributed by atoms with E-state index in [-0.39, 0.29) is 5.91 Å². The summed E-state index contributed by atoms with van der Waals surface area (Å²) in [6, 6.07) is 22.0. The van der Waals surface area contributed by atoms with Crippen LogP contribution in [0.2, 0.25) is 0 Å². The molecule has 1 aliphatic carbocycles. The molecule has 3 heteroatoms. The van der Waals surface area contributed by atoms with Crippen molar-refractivity contribution in [2.45, 2.75) is 39.2 Å². The molecular formula is C25H26N2O. The normalized spacial score (nSPS) is 13.6. The summed E-state index contributed by atoms with van der Waals surface area (Å²) in [5, 5.41) is 6.59. The van der Waals surface area contributed by atoms with Crippen LogP contribution in [0.3, 0.4) is 0 Å². The molecule has 28 heavy (non-hydrogen) atoms. The van der Waals surface area contributed by atoms with Gasteiger partial charge in [0.1, 0.15) is 6.04 Å². The minimum Gasteiger partial charge on any atom is -0.370 e. The SMILES string of the molecule is Cc1ccc(C)c(NC(=O)[C@H](Nc2ccc3c(c2)CCC3)c2ccccc2)c1. The summed E-state index contributed by atoms with van der Waals surface area (Å²) in [5.74, 6) is -0.0552. The number of aryl methyl sites for hydroxylation is 4. The Bertz CT molecular complexity index is 995. The highest BCUT2D eigenvalue weighted by atomic mass is 16.2. The molecule has 4 rings (SSSR count). The van der Waals surface area contributed by atoms with Crippen LogP contribution in [0, 0.1) is 13.8 Å². The molecule has 0 heterocycles. The third-order valence-corrected chi connectivity index (χ3v) is 5.46. The lowest BCUT2D eigenvalue weighted by Crippen LogP contribution is -2.27. The molecule has 0 saturated heterocycles. The predicted octanol–water partition coefficient (Wildman–Crippen LogP) is 5.58. The number of rotatable bonds is 5. The number of anilines is 2. The van der Waals surface area contributed by atoms with E-state index in [1.54, 1.807) is 0 Å². The van der Waals surface area contributed by atoms with Gasteiger partial charge in [0.15, 0.2) is 0 Å². The fourth-order valence-corrected chi connectivity index (χ4v) is 3.85. The van der Waals surface area contributed by atoms with Crippen molar-refractivity contribution in [3.05, 3.63) is 94.5 Å². The number of fused-ring (bicyclic) bond motifs is 1. The second kappa shape index (κ2) is 7.89. The van der Waals surface area contributed by atoms with Gasteiger partial charge in [0.05, 0.1) is 0 Å². The highest BCUT2D eigenvalue weighted by Gasteiger charge is 2.22. The largest absolute Gasteiger partial charge is 0.370 e.